The van der Waals surface area contributed by atoms with Gasteiger partial charge in [-0.3, -0.25) is 0 Å². The molecule has 0 aliphatic heterocycles. The number of anilines is 1. The maximum atomic E-state index is 13.0. The third-order valence-electron chi connectivity index (χ3n) is 2.59. The van der Waals surface area contributed by atoms with Crippen LogP contribution in [0.1, 0.15) is 0 Å². The lowest BCUT2D eigenvalue weighted by molar-refractivity contribution is 0.431. The van der Waals surface area contributed by atoms with E-state index in [0.29, 0.717) is 17.1 Å². The van der Waals surface area contributed by atoms with Gasteiger partial charge >= 0.3 is 0 Å². The molecule has 5 nitrogen and oxygen atoms in total. The highest BCUT2D eigenvalue weighted by Gasteiger charge is 2.14. The van der Waals surface area contributed by atoms with Gasteiger partial charge in [-0.2, -0.15) is 4.98 Å². The van der Waals surface area contributed by atoms with Crippen molar-refractivity contribution in [3.05, 3.63) is 47.2 Å². The Hall–Kier alpha value is -2.47. The molecule has 20 heavy (non-hydrogen) atoms. The first-order chi connectivity index (χ1) is 9.63. The highest BCUT2D eigenvalue weighted by atomic mass is 35.5. The number of rotatable bonds is 2. The second-order valence-electron chi connectivity index (χ2n) is 3.99. The van der Waals surface area contributed by atoms with Gasteiger partial charge in [0, 0.05) is 5.56 Å². The number of nitrogen functional groups attached to an aromatic ring is 1. The zero-order valence-corrected chi connectivity index (χ0v) is 10.8. The van der Waals surface area contributed by atoms with Gasteiger partial charge in [0.05, 0.1) is 5.02 Å². The van der Waals surface area contributed by atoms with Crippen LogP contribution in [0.15, 0.2) is 40.9 Å². The second kappa shape index (κ2) is 4.90. The quantitative estimate of drug-likeness (QED) is 0.784. The maximum absolute atomic E-state index is 13.0. The van der Waals surface area contributed by atoms with E-state index in [0.717, 1.165) is 0 Å². The summed E-state index contributed by atoms with van der Waals surface area (Å²) in [6.45, 7) is 0. The van der Waals surface area contributed by atoms with Crippen LogP contribution in [-0.2, 0) is 0 Å². The zero-order valence-electron chi connectivity index (χ0n) is 10.0. The van der Waals surface area contributed by atoms with Crippen molar-refractivity contribution in [3.63, 3.8) is 0 Å². The molecule has 0 saturated heterocycles. The molecule has 0 spiro atoms. The first kappa shape index (κ1) is 12.6. The molecular formula is C13H8ClFN4O. The molecule has 0 radical (unpaired) electrons. The van der Waals surface area contributed by atoms with Crippen LogP contribution in [0.2, 0.25) is 5.02 Å². The molecular weight excluding hydrogens is 283 g/mol. The van der Waals surface area contributed by atoms with Gasteiger partial charge in [-0.05, 0) is 30.3 Å². The van der Waals surface area contributed by atoms with Crippen molar-refractivity contribution in [2.24, 2.45) is 0 Å². The third-order valence-corrected chi connectivity index (χ3v) is 2.90. The molecule has 0 amide bonds. The highest BCUT2D eigenvalue weighted by Crippen LogP contribution is 2.28. The van der Waals surface area contributed by atoms with Crippen LogP contribution in [-0.4, -0.2) is 15.1 Å². The Morgan fingerprint density at radius 3 is 2.75 bits per heavy atom. The Bertz CT molecular complexity index is 775. The summed E-state index contributed by atoms with van der Waals surface area (Å²) in [5.74, 6) is 0.393. The van der Waals surface area contributed by atoms with E-state index in [-0.39, 0.29) is 16.7 Å². The molecule has 2 N–H and O–H groups in total. The smallest absolute Gasteiger partial charge is 0.276 e. The van der Waals surface area contributed by atoms with Gasteiger partial charge in [-0.25, -0.2) is 9.37 Å². The summed E-state index contributed by atoms with van der Waals surface area (Å²) < 4.78 is 18.1. The highest BCUT2D eigenvalue weighted by molar-refractivity contribution is 6.33. The van der Waals surface area contributed by atoms with Gasteiger partial charge in [0.1, 0.15) is 17.3 Å². The minimum Gasteiger partial charge on any atom is -0.384 e. The first-order valence-electron chi connectivity index (χ1n) is 5.65. The van der Waals surface area contributed by atoms with Crippen molar-refractivity contribution < 1.29 is 8.91 Å². The van der Waals surface area contributed by atoms with Crippen molar-refractivity contribution in [1.82, 2.24) is 15.1 Å². The first-order valence-corrected chi connectivity index (χ1v) is 6.03. The zero-order chi connectivity index (χ0) is 14.1. The van der Waals surface area contributed by atoms with E-state index in [1.54, 1.807) is 18.2 Å². The Morgan fingerprint density at radius 1 is 1.15 bits per heavy atom. The standard InChI is InChI=1S/C13H8ClFN4O/c14-9-6-7(15)4-5-8(9)12-18-13(20-19-12)10-2-1-3-11(16)17-10/h1-6H,(H2,16,17). The van der Waals surface area contributed by atoms with Crippen molar-refractivity contribution in [2.75, 3.05) is 5.73 Å². The van der Waals surface area contributed by atoms with Gasteiger partial charge < -0.3 is 10.3 Å². The number of nitrogens with two attached hydrogens (primary N) is 1. The summed E-state index contributed by atoms with van der Waals surface area (Å²) in [6.07, 6.45) is 0. The minimum atomic E-state index is -0.431. The Morgan fingerprint density at radius 2 is 2.00 bits per heavy atom. The van der Waals surface area contributed by atoms with Crippen LogP contribution >= 0.6 is 11.6 Å². The fourth-order valence-electron chi connectivity index (χ4n) is 1.68. The molecule has 0 aliphatic carbocycles. The monoisotopic (exact) mass is 290 g/mol. The van der Waals surface area contributed by atoms with Gasteiger partial charge in [-0.15, -0.1) is 0 Å². The third kappa shape index (κ3) is 2.33. The van der Waals surface area contributed by atoms with Crippen LogP contribution in [0.4, 0.5) is 10.2 Å². The molecule has 0 bridgehead atoms. The van der Waals surface area contributed by atoms with Gasteiger partial charge in [0.15, 0.2) is 0 Å². The minimum absolute atomic E-state index is 0.206. The van der Waals surface area contributed by atoms with E-state index in [1.807, 2.05) is 0 Å². The van der Waals surface area contributed by atoms with E-state index < -0.39 is 5.82 Å². The van der Waals surface area contributed by atoms with Crippen molar-refractivity contribution in [1.29, 1.82) is 0 Å². The number of aromatic nitrogens is 3. The summed E-state index contributed by atoms with van der Waals surface area (Å²) in [5.41, 5.74) is 6.53. The largest absolute Gasteiger partial charge is 0.384 e. The number of hydrogen-bond acceptors (Lipinski definition) is 5. The molecule has 2 heterocycles. The molecule has 0 aliphatic rings. The summed E-state index contributed by atoms with van der Waals surface area (Å²) in [5, 5.41) is 4.02. The average molecular weight is 291 g/mol. The summed E-state index contributed by atoms with van der Waals surface area (Å²) in [6, 6.07) is 9.02. The van der Waals surface area contributed by atoms with Crippen LogP contribution in [0.5, 0.6) is 0 Å². The lowest BCUT2D eigenvalue weighted by atomic mass is 10.2. The summed E-state index contributed by atoms with van der Waals surface area (Å²) in [7, 11) is 0. The van der Waals surface area contributed by atoms with E-state index in [4.69, 9.17) is 21.9 Å². The number of hydrogen-bond donors (Lipinski definition) is 1. The van der Waals surface area contributed by atoms with E-state index in [2.05, 4.69) is 15.1 Å². The van der Waals surface area contributed by atoms with Crippen molar-refractivity contribution in [3.8, 4) is 23.0 Å². The predicted molar refractivity (Wildman–Crippen MR) is 72.3 cm³/mol. The lowest BCUT2D eigenvalue weighted by Crippen LogP contribution is -1.91. The molecule has 1 aromatic carbocycles. The lowest BCUT2D eigenvalue weighted by Gasteiger charge is -1.97. The van der Waals surface area contributed by atoms with Crippen molar-refractivity contribution in [2.45, 2.75) is 0 Å². The Kier molecular flexibility index (Phi) is 3.08. The number of benzene rings is 1. The molecule has 7 heteroatoms. The number of nitrogens with zero attached hydrogens (tertiary/aromatic N) is 3. The summed E-state index contributed by atoms with van der Waals surface area (Å²) in [4.78, 5) is 8.26. The average Bonchev–Trinajstić information content (AvgIpc) is 2.88. The number of halogens is 2. The molecule has 0 unspecified atom stereocenters. The molecule has 3 rings (SSSR count). The molecule has 2 aromatic heterocycles. The number of pyridine rings is 1. The van der Waals surface area contributed by atoms with Gasteiger partial charge in [0.25, 0.3) is 5.89 Å². The Balaban J connectivity index is 2.02. The fraction of sp³-hybridized carbons (Fsp3) is 0. The normalized spacial score (nSPS) is 10.7. The van der Waals surface area contributed by atoms with Gasteiger partial charge in [0.2, 0.25) is 5.82 Å². The van der Waals surface area contributed by atoms with Gasteiger partial charge in [-0.1, -0.05) is 22.8 Å². The molecule has 3 aromatic rings. The maximum Gasteiger partial charge on any atom is 0.276 e. The van der Waals surface area contributed by atoms with Crippen LogP contribution in [0, 0.1) is 5.82 Å². The van der Waals surface area contributed by atoms with Crippen molar-refractivity contribution >= 4 is 17.4 Å². The fourth-order valence-corrected chi connectivity index (χ4v) is 1.93. The topological polar surface area (TPSA) is 77.8 Å². The SMILES string of the molecule is Nc1cccc(-c2nc(-c3ccc(F)cc3Cl)no2)n1. The molecule has 0 atom stereocenters. The Labute approximate surface area is 118 Å². The van der Waals surface area contributed by atoms with E-state index >= 15 is 0 Å². The molecule has 0 saturated carbocycles. The van der Waals surface area contributed by atoms with E-state index in [1.165, 1.54) is 18.2 Å². The van der Waals surface area contributed by atoms with Crippen LogP contribution in [0.3, 0.4) is 0 Å². The summed E-state index contributed by atoms with van der Waals surface area (Å²) >= 11 is 5.95. The predicted octanol–water partition coefficient (Wildman–Crippen LogP) is 3.17. The molecule has 0 fully saturated rings. The second-order valence-corrected chi connectivity index (χ2v) is 4.40. The van der Waals surface area contributed by atoms with Crippen LogP contribution in [0.25, 0.3) is 23.0 Å². The molecule has 100 valence electrons. The van der Waals surface area contributed by atoms with Crippen LogP contribution < -0.4 is 5.73 Å². The van der Waals surface area contributed by atoms with E-state index in [9.17, 15) is 4.39 Å².